The van der Waals surface area contributed by atoms with Crippen molar-refractivity contribution in [3.63, 3.8) is 0 Å². The number of alkyl halides is 3. The number of urea groups is 1. The minimum Gasteiger partial charge on any atom is -0.338 e. The largest absolute Gasteiger partial charge is 0.416 e. The molecule has 3 aliphatic rings. The van der Waals surface area contributed by atoms with Gasteiger partial charge in [-0.2, -0.15) is 18.3 Å². The molecule has 2 aliphatic heterocycles. The molecule has 1 aliphatic carbocycles. The molecule has 3 fully saturated rings. The van der Waals surface area contributed by atoms with E-state index in [2.05, 4.69) is 10.4 Å². The quantitative estimate of drug-likeness (QED) is 0.562. The molecule has 3 amide bonds. The first-order valence-electron chi connectivity index (χ1n) is 13.8. The molecule has 5 rings (SSSR count). The van der Waals surface area contributed by atoms with Gasteiger partial charge in [-0.25, -0.2) is 4.79 Å². The average Bonchev–Trinajstić information content (AvgIpc) is 3.45. The second-order valence-electron chi connectivity index (χ2n) is 11.2. The number of carbonyl (C=O) groups is 2. The monoisotopic (exact) mass is 546 g/mol. The number of halogens is 3. The van der Waals surface area contributed by atoms with Crippen molar-refractivity contribution in [3.05, 3.63) is 52.8 Å². The van der Waals surface area contributed by atoms with E-state index in [1.165, 1.54) is 12.1 Å². The summed E-state index contributed by atoms with van der Waals surface area (Å²) < 4.78 is 42.8. The molecular formula is C28H37F3N6O2. The molecule has 1 atom stereocenters. The lowest BCUT2D eigenvalue weighted by atomic mass is 9.93. The number of benzene rings is 1. The Morgan fingerprint density at radius 3 is 2.36 bits per heavy atom. The van der Waals surface area contributed by atoms with Gasteiger partial charge in [0.2, 0.25) is 0 Å². The number of aromatic nitrogens is 2. The second kappa shape index (κ2) is 11.2. The van der Waals surface area contributed by atoms with Crippen LogP contribution in [0.3, 0.4) is 0 Å². The van der Waals surface area contributed by atoms with Crippen molar-refractivity contribution in [2.45, 2.75) is 56.2 Å². The van der Waals surface area contributed by atoms with Crippen molar-refractivity contribution in [1.82, 2.24) is 29.8 Å². The number of likely N-dealkylation sites (tertiary alicyclic amines) is 2. The molecule has 39 heavy (non-hydrogen) atoms. The van der Waals surface area contributed by atoms with Crippen molar-refractivity contribution in [1.29, 1.82) is 0 Å². The van der Waals surface area contributed by atoms with Crippen molar-refractivity contribution in [2.75, 3.05) is 53.4 Å². The van der Waals surface area contributed by atoms with Crippen LogP contribution in [0.25, 0.3) is 0 Å². The second-order valence-corrected chi connectivity index (χ2v) is 11.2. The van der Waals surface area contributed by atoms with E-state index in [9.17, 15) is 22.8 Å². The molecule has 1 aromatic carbocycles. The molecule has 0 spiro atoms. The molecule has 3 heterocycles. The van der Waals surface area contributed by atoms with Gasteiger partial charge in [-0.15, -0.1) is 0 Å². The van der Waals surface area contributed by atoms with Gasteiger partial charge in [-0.3, -0.25) is 9.48 Å². The van der Waals surface area contributed by atoms with E-state index in [0.717, 1.165) is 44.0 Å². The highest BCUT2D eigenvalue weighted by Crippen LogP contribution is 2.44. The Labute approximate surface area is 227 Å². The number of likely N-dealkylation sites (N-methyl/N-ethyl adjacent to an activating group) is 1. The number of nitrogens with zero attached hydrogens (tertiary/aromatic N) is 5. The Morgan fingerprint density at radius 2 is 1.69 bits per heavy atom. The Morgan fingerprint density at radius 1 is 1.00 bits per heavy atom. The van der Waals surface area contributed by atoms with E-state index in [0.29, 0.717) is 38.2 Å². The molecule has 11 heteroatoms. The van der Waals surface area contributed by atoms with Gasteiger partial charge in [0, 0.05) is 51.1 Å². The summed E-state index contributed by atoms with van der Waals surface area (Å²) >= 11 is 0. The van der Waals surface area contributed by atoms with Crippen LogP contribution in [-0.4, -0.2) is 89.8 Å². The molecule has 0 unspecified atom stereocenters. The summed E-state index contributed by atoms with van der Waals surface area (Å²) in [7, 11) is 3.93. The number of rotatable bonds is 7. The highest BCUT2D eigenvalue weighted by atomic mass is 19.4. The lowest BCUT2D eigenvalue weighted by Gasteiger charge is -2.33. The first-order chi connectivity index (χ1) is 18.6. The van der Waals surface area contributed by atoms with Crippen LogP contribution in [0.5, 0.6) is 0 Å². The predicted molar refractivity (Wildman–Crippen MR) is 141 cm³/mol. The van der Waals surface area contributed by atoms with Crippen LogP contribution < -0.4 is 5.32 Å². The van der Waals surface area contributed by atoms with Gasteiger partial charge in [0.15, 0.2) is 0 Å². The molecule has 0 radical (unpaired) electrons. The lowest BCUT2D eigenvalue weighted by molar-refractivity contribution is -0.138. The normalized spacial score (nSPS) is 20.6. The fourth-order valence-corrected chi connectivity index (χ4v) is 5.88. The number of amides is 3. The Hall–Kier alpha value is -3.08. The third kappa shape index (κ3) is 6.08. The fraction of sp³-hybridized carbons (Fsp3) is 0.607. The van der Waals surface area contributed by atoms with E-state index in [-0.39, 0.29) is 41.9 Å². The number of hydrogen-bond acceptors (Lipinski definition) is 4. The Kier molecular flexibility index (Phi) is 7.89. The summed E-state index contributed by atoms with van der Waals surface area (Å²) in [5.41, 5.74) is 1.17. The Bertz CT molecular complexity index is 1180. The van der Waals surface area contributed by atoms with Crippen molar-refractivity contribution in [2.24, 2.45) is 0 Å². The number of nitrogens with one attached hydrogen (secondary N) is 1. The zero-order valence-corrected chi connectivity index (χ0v) is 22.6. The molecular weight excluding hydrogens is 509 g/mol. The van der Waals surface area contributed by atoms with Gasteiger partial charge < -0.3 is 20.0 Å². The highest BCUT2D eigenvalue weighted by Gasteiger charge is 2.40. The zero-order chi connectivity index (χ0) is 27.7. The molecule has 212 valence electrons. The third-order valence-electron chi connectivity index (χ3n) is 8.14. The highest BCUT2D eigenvalue weighted by molar-refractivity contribution is 5.95. The number of carbonyl (C=O) groups excluding carboxylic acids is 2. The third-order valence-corrected chi connectivity index (χ3v) is 8.14. The molecule has 8 nitrogen and oxygen atoms in total. The van der Waals surface area contributed by atoms with Gasteiger partial charge in [0.05, 0.1) is 29.1 Å². The lowest BCUT2D eigenvalue weighted by Crippen LogP contribution is -2.46. The van der Waals surface area contributed by atoms with Gasteiger partial charge >= 0.3 is 12.2 Å². The molecule has 1 N–H and O–H groups in total. The summed E-state index contributed by atoms with van der Waals surface area (Å²) in [5.74, 6) is -0.213. The van der Waals surface area contributed by atoms with Gasteiger partial charge in [0.1, 0.15) is 0 Å². The standard InChI is InChI=1S/C28H37F3N6O2/c1-34(2)16-12-32-27(39)35-14-10-21(11-15-35)37-25(19-7-8-19)23(17-33-37)26(38)36-13-9-20(18-36)22-5-3-4-6-24(22)28(29,30)31/h3-6,17,19-21H,7-16,18H2,1-2H3,(H,32,39)/t20-/m1/s1. The van der Waals surface area contributed by atoms with E-state index < -0.39 is 11.7 Å². The minimum atomic E-state index is -4.42. The van der Waals surface area contributed by atoms with Crippen molar-refractivity contribution in [3.8, 4) is 0 Å². The van der Waals surface area contributed by atoms with E-state index in [1.54, 1.807) is 17.2 Å². The molecule has 2 saturated heterocycles. The summed E-state index contributed by atoms with van der Waals surface area (Å²) in [6, 6.07) is 5.74. The van der Waals surface area contributed by atoms with Crippen LogP contribution in [0.2, 0.25) is 0 Å². The summed E-state index contributed by atoms with van der Waals surface area (Å²) in [5, 5.41) is 7.62. The first-order valence-corrected chi connectivity index (χ1v) is 13.8. The van der Waals surface area contributed by atoms with E-state index in [1.807, 2.05) is 28.6 Å². The van der Waals surface area contributed by atoms with E-state index in [4.69, 9.17) is 0 Å². The molecule has 1 aromatic heterocycles. The number of hydrogen-bond donors (Lipinski definition) is 1. The van der Waals surface area contributed by atoms with E-state index >= 15 is 0 Å². The number of piperidine rings is 1. The minimum absolute atomic E-state index is 0.0512. The average molecular weight is 547 g/mol. The smallest absolute Gasteiger partial charge is 0.338 e. The van der Waals surface area contributed by atoms with Crippen molar-refractivity contribution < 1.29 is 22.8 Å². The molecule has 2 aromatic rings. The maximum Gasteiger partial charge on any atom is 0.416 e. The Balaban J connectivity index is 1.25. The predicted octanol–water partition coefficient (Wildman–Crippen LogP) is 4.32. The first kappa shape index (κ1) is 27.5. The van der Waals surface area contributed by atoms with Crippen LogP contribution in [0, 0.1) is 0 Å². The summed E-state index contributed by atoms with van der Waals surface area (Å²) in [4.78, 5) is 31.7. The van der Waals surface area contributed by atoms with Crippen LogP contribution in [-0.2, 0) is 6.18 Å². The zero-order valence-electron chi connectivity index (χ0n) is 22.6. The summed E-state index contributed by atoms with van der Waals surface area (Å²) in [6.45, 7) is 3.32. The van der Waals surface area contributed by atoms with Gasteiger partial charge in [-0.1, -0.05) is 18.2 Å². The maximum absolute atomic E-state index is 13.6. The summed E-state index contributed by atoms with van der Waals surface area (Å²) in [6.07, 6.45) is 1.25. The van der Waals surface area contributed by atoms with Crippen LogP contribution in [0.15, 0.2) is 30.5 Å². The van der Waals surface area contributed by atoms with Crippen molar-refractivity contribution >= 4 is 11.9 Å². The molecule has 0 bridgehead atoms. The van der Waals surface area contributed by atoms with Gasteiger partial charge in [-0.05, 0) is 57.8 Å². The molecule has 1 saturated carbocycles. The fourth-order valence-electron chi connectivity index (χ4n) is 5.88. The SMILES string of the molecule is CN(C)CCNC(=O)N1CCC(n2ncc(C(=O)N3CC[C@@H](c4ccccc4C(F)(F)F)C3)c2C2CC2)CC1. The van der Waals surface area contributed by atoms with Crippen LogP contribution in [0.1, 0.15) is 77.2 Å². The van der Waals surface area contributed by atoms with Crippen LogP contribution >= 0.6 is 0 Å². The topological polar surface area (TPSA) is 73.7 Å². The van der Waals surface area contributed by atoms with Crippen LogP contribution in [0.4, 0.5) is 18.0 Å². The van der Waals surface area contributed by atoms with Gasteiger partial charge in [0.25, 0.3) is 5.91 Å². The maximum atomic E-state index is 13.6.